The Morgan fingerprint density at radius 1 is 0.339 bits per heavy atom. The minimum absolute atomic E-state index is 0.129. The van der Waals surface area contributed by atoms with E-state index in [1.54, 1.807) is 0 Å². The summed E-state index contributed by atoms with van der Waals surface area (Å²) >= 11 is 0. The lowest BCUT2D eigenvalue weighted by Crippen LogP contribution is -2.30. The molecule has 0 aliphatic heterocycles. The Labute approximate surface area is 379 Å². The van der Waals surface area contributed by atoms with E-state index in [1.807, 2.05) is 12.2 Å². The van der Waals surface area contributed by atoms with Gasteiger partial charge in [0.05, 0.1) is 0 Å². The van der Waals surface area contributed by atoms with Crippen LogP contribution in [0.15, 0.2) is 134 Å². The summed E-state index contributed by atoms with van der Waals surface area (Å²) in [6.45, 7) is 6.23. The highest BCUT2D eigenvalue weighted by atomic mass is 16.6. The zero-order chi connectivity index (χ0) is 45.1. The molecule has 0 heterocycles. The van der Waals surface area contributed by atoms with Crippen molar-refractivity contribution in [2.45, 2.75) is 187 Å². The number of esters is 3. The summed E-state index contributed by atoms with van der Waals surface area (Å²) < 4.78 is 16.6. The maximum atomic E-state index is 12.7. The smallest absolute Gasteiger partial charge is 0.306 e. The molecule has 0 aromatic rings. The van der Waals surface area contributed by atoms with Gasteiger partial charge in [-0.3, -0.25) is 14.4 Å². The maximum Gasteiger partial charge on any atom is 0.306 e. The second-order valence-corrected chi connectivity index (χ2v) is 15.3. The predicted octanol–water partition coefficient (Wildman–Crippen LogP) is 15.9. The summed E-state index contributed by atoms with van der Waals surface area (Å²) in [7, 11) is 0. The van der Waals surface area contributed by atoms with Crippen molar-refractivity contribution in [3.8, 4) is 0 Å². The van der Waals surface area contributed by atoms with Crippen molar-refractivity contribution in [2.24, 2.45) is 0 Å². The lowest BCUT2D eigenvalue weighted by Gasteiger charge is -2.18. The number of carbonyl (C=O) groups is 3. The average Bonchev–Trinajstić information content (AvgIpc) is 3.27. The van der Waals surface area contributed by atoms with Crippen LogP contribution >= 0.6 is 0 Å². The van der Waals surface area contributed by atoms with Gasteiger partial charge in [-0.05, 0) is 96.3 Å². The van der Waals surface area contributed by atoms with E-state index in [9.17, 15) is 14.4 Å². The van der Waals surface area contributed by atoms with E-state index >= 15 is 0 Å². The molecule has 6 heteroatoms. The van der Waals surface area contributed by atoms with Crippen LogP contribution in [0.25, 0.3) is 0 Å². The number of unbranched alkanes of at least 4 members (excludes halogenated alkanes) is 8. The number of carbonyl (C=O) groups excluding carboxylic acids is 3. The van der Waals surface area contributed by atoms with Gasteiger partial charge in [0.1, 0.15) is 13.2 Å². The standard InChI is InChI=1S/C56H86O6/c1-4-7-10-13-16-19-21-23-24-25-26-27-28-29-30-31-32-34-35-37-40-43-46-49-55(58)61-52-53(51-60-54(57)48-45-42-39-18-15-12-9-6-3)62-56(59)50-47-44-41-38-36-33-22-20-17-14-11-8-5-2/h7-8,10-11,16-17,19-20,23-24,26-27,29-30,32-34,36-37,40-41,44,53H,4-6,9,12-15,18,21-22,25,28,31,35,38-39,42-43,45-52H2,1-3H3/b10-7-,11-8-,19-16-,20-17-,24-23-,27-26-,30-29-,34-32-,36-33-,40-37-,44-41-. The Hall–Kier alpha value is -4.45. The first-order valence-electron chi connectivity index (χ1n) is 24.2. The Balaban J connectivity index is 4.49. The molecule has 0 radical (unpaired) electrons. The fourth-order valence-electron chi connectivity index (χ4n) is 5.85. The van der Waals surface area contributed by atoms with Gasteiger partial charge in [0.25, 0.3) is 0 Å². The highest BCUT2D eigenvalue weighted by Crippen LogP contribution is 2.11. The highest BCUT2D eigenvalue weighted by Gasteiger charge is 2.19. The van der Waals surface area contributed by atoms with Gasteiger partial charge >= 0.3 is 17.9 Å². The van der Waals surface area contributed by atoms with E-state index in [1.165, 1.54) is 32.1 Å². The number of hydrogen-bond acceptors (Lipinski definition) is 6. The second kappa shape index (κ2) is 49.2. The molecule has 0 aliphatic carbocycles. The first-order chi connectivity index (χ1) is 30.5. The van der Waals surface area contributed by atoms with Gasteiger partial charge in [-0.1, -0.05) is 199 Å². The fourth-order valence-corrected chi connectivity index (χ4v) is 5.85. The second-order valence-electron chi connectivity index (χ2n) is 15.3. The quantitative estimate of drug-likeness (QED) is 0.0264. The zero-order valence-electron chi connectivity index (χ0n) is 39.3. The Kier molecular flexibility index (Phi) is 45.7. The molecule has 0 amide bonds. The Morgan fingerprint density at radius 3 is 1.05 bits per heavy atom. The lowest BCUT2D eigenvalue weighted by atomic mass is 10.1. The summed E-state index contributed by atoms with van der Waals surface area (Å²) in [6, 6.07) is 0. The third-order valence-electron chi connectivity index (χ3n) is 9.41. The van der Waals surface area contributed by atoms with E-state index in [-0.39, 0.29) is 38.0 Å². The number of rotatable bonds is 41. The monoisotopic (exact) mass is 855 g/mol. The summed E-state index contributed by atoms with van der Waals surface area (Å²) in [5, 5.41) is 0. The first kappa shape index (κ1) is 57.5. The molecule has 0 aliphatic rings. The third-order valence-corrected chi connectivity index (χ3v) is 9.41. The van der Waals surface area contributed by atoms with Crippen LogP contribution < -0.4 is 0 Å². The average molecular weight is 855 g/mol. The van der Waals surface area contributed by atoms with Gasteiger partial charge in [0, 0.05) is 19.3 Å². The Morgan fingerprint density at radius 2 is 0.661 bits per heavy atom. The molecular weight excluding hydrogens is 769 g/mol. The topological polar surface area (TPSA) is 78.9 Å². The van der Waals surface area contributed by atoms with E-state index < -0.39 is 12.1 Å². The summed E-state index contributed by atoms with van der Waals surface area (Å²) in [4.78, 5) is 37.7. The molecule has 62 heavy (non-hydrogen) atoms. The normalized spacial score (nSPS) is 13.3. The molecule has 0 saturated carbocycles. The van der Waals surface area contributed by atoms with E-state index in [0.29, 0.717) is 19.3 Å². The highest BCUT2D eigenvalue weighted by molar-refractivity contribution is 5.71. The number of hydrogen-bond donors (Lipinski definition) is 0. The van der Waals surface area contributed by atoms with Gasteiger partial charge in [0.2, 0.25) is 0 Å². The van der Waals surface area contributed by atoms with Gasteiger partial charge < -0.3 is 14.2 Å². The van der Waals surface area contributed by atoms with Crippen LogP contribution in [0.3, 0.4) is 0 Å². The summed E-state index contributed by atoms with van der Waals surface area (Å²) in [5.74, 6) is -1.09. The van der Waals surface area contributed by atoms with Crippen LogP contribution in [-0.2, 0) is 28.6 Å². The molecule has 0 spiro atoms. The lowest BCUT2D eigenvalue weighted by molar-refractivity contribution is -0.166. The van der Waals surface area contributed by atoms with Crippen LogP contribution in [0.1, 0.15) is 181 Å². The van der Waals surface area contributed by atoms with Crippen LogP contribution in [0, 0.1) is 0 Å². The minimum Gasteiger partial charge on any atom is -0.462 e. The fraction of sp³-hybridized carbons (Fsp3) is 0.554. The van der Waals surface area contributed by atoms with Crippen molar-refractivity contribution in [3.63, 3.8) is 0 Å². The SMILES string of the molecule is CC/C=C\C/C=C\C/C=C\C/C=C\C/C=C\C/C=C\C/C=C\CCCC(=O)OCC(COC(=O)CCCCCCCCCC)OC(=O)CC/C=C\C/C=C\C/C=C\C/C=C\CC. The van der Waals surface area contributed by atoms with Gasteiger partial charge in [-0.25, -0.2) is 0 Å². The molecule has 0 saturated heterocycles. The van der Waals surface area contributed by atoms with Gasteiger partial charge in [-0.2, -0.15) is 0 Å². The molecule has 1 unspecified atom stereocenters. The summed E-state index contributed by atoms with van der Waals surface area (Å²) in [6.07, 6.45) is 69.0. The molecule has 1 atom stereocenters. The van der Waals surface area contributed by atoms with Crippen molar-refractivity contribution in [1.29, 1.82) is 0 Å². The Bertz CT molecular complexity index is 1400. The van der Waals surface area contributed by atoms with Crippen LogP contribution in [0.4, 0.5) is 0 Å². The van der Waals surface area contributed by atoms with Crippen LogP contribution in [0.2, 0.25) is 0 Å². The molecule has 6 nitrogen and oxygen atoms in total. The van der Waals surface area contributed by atoms with Crippen LogP contribution in [-0.4, -0.2) is 37.2 Å². The predicted molar refractivity (Wildman–Crippen MR) is 265 cm³/mol. The maximum absolute atomic E-state index is 12.7. The molecule has 0 fully saturated rings. The van der Waals surface area contributed by atoms with Gasteiger partial charge in [-0.15, -0.1) is 0 Å². The zero-order valence-corrected chi connectivity index (χ0v) is 39.3. The molecule has 0 bridgehead atoms. The van der Waals surface area contributed by atoms with Crippen molar-refractivity contribution >= 4 is 17.9 Å². The molecule has 0 aromatic carbocycles. The first-order valence-corrected chi connectivity index (χ1v) is 24.2. The van der Waals surface area contributed by atoms with E-state index in [4.69, 9.17) is 14.2 Å². The molecular formula is C56H86O6. The van der Waals surface area contributed by atoms with E-state index in [2.05, 4.69) is 142 Å². The molecule has 0 N–H and O–H groups in total. The van der Waals surface area contributed by atoms with Crippen molar-refractivity contribution < 1.29 is 28.6 Å². The number of ether oxygens (including phenoxy) is 3. The molecule has 346 valence electrons. The largest absolute Gasteiger partial charge is 0.462 e. The third kappa shape index (κ3) is 46.6. The molecule has 0 rings (SSSR count). The number of allylic oxidation sites excluding steroid dienone is 22. The van der Waals surface area contributed by atoms with Crippen molar-refractivity contribution in [3.05, 3.63) is 134 Å². The van der Waals surface area contributed by atoms with Crippen molar-refractivity contribution in [2.75, 3.05) is 13.2 Å². The van der Waals surface area contributed by atoms with Crippen molar-refractivity contribution in [1.82, 2.24) is 0 Å². The van der Waals surface area contributed by atoms with Gasteiger partial charge in [0.15, 0.2) is 6.10 Å². The molecule has 0 aromatic heterocycles. The van der Waals surface area contributed by atoms with E-state index in [0.717, 1.165) is 96.3 Å². The van der Waals surface area contributed by atoms with Crippen LogP contribution in [0.5, 0.6) is 0 Å². The minimum atomic E-state index is -0.840. The summed E-state index contributed by atoms with van der Waals surface area (Å²) in [5.41, 5.74) is 0.